The minimum absolute atomic E-state index is 0.000353. The molecule has 0 aliphatic heterocycles. The first kappa shape index (κ1) is 26.8. The van der Waals surface area contributed by atoms with Crippen molar-refractivity contribution in [2.45, 2.75) is 92.0 Å². The molecule has 0 saturated heterocycles. The number of nitrogens with zero attached hydrogens (tertiary/aromatic N) is 3. The lowest BCUT2D eigenvalue weighted by atomic mass is 9.92. The van der Waals surface area contributed by atoms with E-state index < -0.39 is 0 Å². The minimum atomic E-state index is -0.226. The maximum atomic E-state index is 13.2. The SMILES string of the molecule is Cc1ccc(-n2nc(C(C)(C)C)cc2NC(=O)CN(CC(C)C)C(=O)NC2CCCCC2)c(C)c1. The Hall–Kier alpha value is -2.83. The van der Waals surface area contributed by atoms with Gasteiger partial charge in [-0.15, -0.1) is 0 Å². The number of hydrogen-bond acceptors (Lipinski definition) is 3. The first-order chi connectivity index (χ1) is 16.4. The highest BCUT2D eigenvalue weighted by atomic mass is 16.2. The molecule has 0 bridgehead atoms. The van der Waals surface area contributed by atoms with Gasteiger partial charge in [0.1, 0.15) is 12.4 Å². The molecule has 3 rings (SSSR count). The van der Waals surface area contributed by atoms with Crippen LogP contribution in [0.3, 0.4) is 0 Å². The topological polar surface area (TPSA) is 79.3 Å². The number of aromatic nitrogens is 2. The van der Waals surface area contributed by atoms with Gasteiger partial charge >= 0.3 is 6.03 Å². The third-order valence-electron chi connectivity index (χ3n) is 6.47. The maximum Gasteiger partial charge on any atom is 0.318 e. The van der Waals surface area contributed by atoms with Crippen LogP contribution in [0.5, 0.6) is 0 Å². The van der Waals surface area contributed by atoms with Gasteiger partial charge in [-0.25, -0.2) is 9.48 Å². The summed E-state index contributed by atoms with van der Waals surface area (Å²) in [6.45, 7) is 15.1. The number of amides is 3. The van der Waals surface area contributed by atoms with E-state index in [-0.39, 0.29) is 35.9 Å². The van der Waals surface area contributed by atoms with Gasteiger partial charge in [-0.05, 0) is 44.2 Å². The van der Waals surface area contributed by atoms with Gasteiger partial charge in [-0.1, -0.05) is 71.6 Å². The zero-order valence-corrected chi connectivity index (χ0v) is 22.6. The Bertz CT molecular complexity index is 1030. The quantitative estimate of drug-likeness (QED) is 0.530. The fraction of sp³-hybridized carbons (Fsp3) is 0.607. The van der Waals surface area contributed by atoms with E-state index in [2.05, 4.69) is 58.2 Å². The highest BCUT2D eigenvalue weighted by molar-refractivity contribution is 5.94. The van der Waals surface area contributed by atoms with E-state index in [0.29, 0.717) is 12.4 Å². The molecule has 0 spiro atoms. The average molecular weight is 482 g/mol. The van der Waals surface area contributed by atoms with Crippen molar-refractivity contribution in [3.05, 3.63) is 41.1 Å². The summed E-state index contributed by atoms with van der Waals surface area (Å²) >= 11 is 0. The van der Waals surface area contributed by atoms with Gasteiger partial charge in [-0.2, -0.15) is 5.10 Å². The Morgan fingerprint density at radius 2 is 1.80 bits per heavy atom. The second kappa shape index (κ2) is 11.3. The second-order valence-electron chi connectivity index (χ2n) is 11.5. The maximum absolute atomic E-state index is 13.2. The number of hydrogen-bond donors (Lipinski definition) is 2. The van der Waals surface area contributed by atoms with Crippen molar-refractivity contribution >= 4 is 17.8 Å². The van der Waals surface area contributed by atoms with Crippen LogP contribution in [0, 0.1) is 19.8 Å². The third-order valence-corrected chi connectivity index (χ3v) is 6.47. The summed E-state index contributed by atoms with van der Waals surface area (Å²) in [6, 6.07) is 8.17. The smallest absolute Gasteiger partial charge is 0.318 e. The Kier molecular flexibility index (Phi) is 8.62. The molecule has 1 aromatic heterocycles. The van der Waals surface area contributed by atoms with E-state index in [9.17, 15) is 9.59 Å². The normalized spacial score (nSPS) is 14.7. The molecular weight excluding hydrogens is 438 g/mol. The molecule has 192 valence electrons. The van der Waals surface area contributed by atoms with Gasteiger partial charge in [0.15, 0.2) is 0 Å². The van der Waals surface area contributed by atoms with Crippen molar-refractivity contribution in [2.75, 3.05) is 18.4 Å². The molecule has 0 atom stereocenters. The molecule has 1 aliphatic carbocycles. The average Bonchev–Trinajstić information content (AvgIpc) is 3.17. The molecule has 7 nitrogen and oxygen atoms in total. The van der Waals surface area contributed by atoms with E-state index in [4.69, 9.17) is 5.10 Å². The van der Waals surface area contributed by atoms with Crippen molar-refractivity contribution in [1.29, 1.82) is 0 Å². The fourth-order valence-electron chi connectivity index (χ4n) is 4.59. The molecule has 1 heterocycles. The van der Waals surface area contributed by atoms with Crippen LogP contribution in [0.1, 0.15) is 83.5 Å². The van der Waals surface area contributed by atoms with Crippen LogP contribution in [-0.2, 0) is 10.2 Å². The van der Waals surface area contributed by atoms with Crippen LogP contribution >= 0.6 is 0 Å². The molecule has 35 heavy (non-hydrogen) atoms. The number of rotatable bonds is 7. The fourth-order valence-corrected chi connectivity index (χ4v) is 4.59. The number of benzene rings is 1. The summed E-state index contributed by atoms with van der Waals surface area (Å²) < 4.78 is 1.81. The number of urea groups is 1. The molecule has 0 unspecified atom stereocenters. The van der Waals surface area contributed by atoms with E-state index in [1.807, 2.05) is 29.8 Å². The highest BCUT2D eigenvalue weighted by Gasteiger charge is 2.25. The van der Waals surface area contributed by atoms with Crippen molar-refractivity contribution < 1.29 is 9.59 Å². The summed E-state index contributed by atoms with van der Waals surface area (Å²) in [5.74, 6) is 0.646. The monoisotopic (exact) mass is 481 g/mol. The molecule has 1 fully saturated rings. The van der Waals surface area contributed by atoms with Crippen molar-refractivity contribution in [1.82, 2.24) is 20.0 Å². The van der Waals surface area contributed by atoms with Gasteiger partial charge in [0.2, 0.25) is 5.91 Å². The van der Waals surface area contributed by atoms with E-state index in [0.717, 1.165) is 42.6 Å². The summed E-state index contributed by atoms with van der Waals surface area (Å²) in [5, 5.41) is 11.0. The molecule has 3 amide bonds. The lowest BCUT2D eigenvalue weighted by molar-refractivity contribution is -0.116. The largest absolute Gasteiger partial charge is 0.335 e. The van der Waals surface area contributed by atoms with Crippen molar-refractivity contribution in [2.24, 2.45) is 5.92 Å². The zero-order valence-electron chi connectivity index (χ0n) is 22.6. The summed E-state index contributed by atoms with van der Waals surface area (Å²) in [7, 11) is 0. The predicted molar refractivity (Wildman–Crippen MR) is 142 cm³/mol. The Labute approximate surface area is 210 Å². The van der Waals surface area contributed by atoms with E-state index in [1.165, 1.54) is 12.0 Å². The summed E-state index contributed by atoms with van der Waals surface area (Å²) in [6.07, 6.45) is 5.55. The molecule has 2 N–H and O–H groups in total. The standard InChI is InChI=1S/C28H43N5O2/c1-19(2)17-32(27(35)29-22-11-9-8-10-12-22)18-26(34)30-25-16-24(28(5,6)7)31-33(25)23-14-13-20(3)15-21(23)4/h13-16,19,22H,8-12,17-18H2,1-7H3,(H,29,35)(H,30,34). The summed E-state index contributed by atoms with van der Waals surface area (Å²) in [5.41, 5.74) is 3.90. The van der Waals surface area contributed by atoms with E-state index in [1.54, 1.807) is 4.90 Å². The number of nitrogens with one attached hydrogen (secondary N) is 2. The van der Waals surface area contributed by atoms with Crippen LogP contribution < -0.4 is 10.6 Å². The molecule has 1 aliphatic rings. The second-order valence-corrected chi connectivity index (χ2v) is 11.5. The van der Waals surface area contributed by atoms with Gasteiger partial charge in [0, 0.05) is 24.1 Å². The van der Waals surface area contributed by atoms with Gasteiger partial charge in [0.25, 0.3) is 0 Å². The third kappa shape index (κ3) is 7.33. The van der Waals surface area contributed by atoms with E-state index >= 15 is 0 Å². The number of carbonyl (C=O) groups is 2. The lowest BCUT2D eigenvalue weighted by Gasteiger charge is -2.29. The van der Waals surface area contributed by atoms with Crippen LogP contribution in [-0.4, -0.2) is 45.8 Å². The zero-order chi connectivity index (χ0) is 25.8. The molecule has 1 aromatic carbocycles. The van der Waals surface area contributed by atoms with Gasteiger partial charge < -0.3 is 15.5 Å². The molecule has 7 heteroatoms. The molecule has 2 aromatic rings. The Morgan fingerprint density at radius 3 is 2.40 bits per heavy atom. The Balaban J connectivity index is 1.81. The minimum Gasteiger partial charge on any atom is -0.335 e. The number of aryl methyl sites for hydroxylation is 2. The van der Waals surface area contributed by atoms with Gasteiger partial charge in [-0.3, -0.25) is 4.79 Å². The molecule has 0 radical (unpaired) electrons. The van der Waals surface area contributed by atoms with Crippen molar-refractivity contribution in [3.8, 4) is 5.69 Å². The van der Waals surface area contributed by atoms with Crippen LogP contribution in [0.15, 0.2) is 24.3 Å². The predicted octanol–water partition coefficient (Wildman–Crippen LogP) is 5.73. The lowest BCUT2D eigenvalue weighted by Crippen LogP contribution is -2.49. The van der Waals surface area contributed by atoms with Crippen LogP contribution in [0.4, 0.5) is 10.6 Å². The van der Waals surface area contributed by atoms with Crippen molar-refractivity contribution in [3.63, 3.8) is 0 Å². The first-order valence-electron chi connectivity index (χ1n) is 13.0. The highest BCUT2D eigenvalue weighted by Crippen LogP contribution is 2.28. The first-order valence-corrected chi connectivity index (χ1v) is 13.0. The molecular formula is C28H43N5O2. The van der Waals surface area contributed by atoms with Gasteiger partial charge in [0.05, 0.1) is 11.4 Å². The van der Waals surface area contributed by atoms with Crippen LogP contribution in [0.25, 0.3) is 5.69 Å². The van der Waals surface area contributed by atoms with Crippen LogP contribution in [0.2, 0.25) is 0 Å². The Morgan fingerprint density at radius 1 is 1.11 bits per heavy atom. The number of anilines is 1. The number of carbonyl (C=O) groups excluding carboxylic acids is 2. The summed E-state index contributed by atoms with van der Waals surface area (Å²) in [4.78, 5) is 27.9. The molecule has 1 saturated carbocycles.